The molecule has 7 heteroatoms. The second kappa shape index (κ2) is 8.46. The Bertz CT molecular complexity index is 565. The van der Waals surface area contributed by atoms with E-state index >= 15 is 0 Å². The van der Waals surface area contributed by atoms with Crippen molar-refractivity contribution in [3.05, 3.63) is 33.7 Å². The summed E-state index contributed by atoms with van der Waals surface area (Å²) in [7, 11) is 0. The maximum atomic E-state index is 11.9. The third-order valence-electron chi connectivity index (χ3n) is 2.62. The molecular formula is C14H20ClNO5. The van der Waals surface area contributed by atoms with E-state index in [1.54, 1.807) is 13.8 Å². The van der Waals surface area contributed by atoms with Crippen molar-refractivity contribution in [2.45, 2.75) is 33.7 Å². The second-order valence-corrected chi connectivity index (χ2v) is 4.38. The molecule has 0 spiro atoms. The van der Waals surface area contributed by atoms with Gasteiger partial charge in [0.2, 0.25) is 0 Å². The van der Waals surface area contributed by atoms with Gasteiger partial charge in [-0.05, 0) is 27.7 Å². The molecule has 0 radical (unpaired) electrons. The molecule has 0 saturated heterocycles. The largest absolute Gasteiger partial charge is 0.462 e. The highest BCUT2D eigenvalue weighted by Gasteiger charge is 2.20. The van der Waals surface area contributed by atoms with Crippen LogP contribution in [-0.4, -0.2) is 29.7 Å². The molecule has 0 fully saturated rings. The molecule has 0 atom stereocenters. The Morgan fingerprint density at radius 1 is 1.14 bits per heavy atom. The summed E-state index contributed by atoms with van der Waals surface area (Å²) in [4.78, 5) is 35.4. The van der Waals surface area contributed by atoms with E-state index < -0.39 is 17.4 Å². The summed E-state index contributed by atoms with van der Waals surface area (Å²) in [5.41, 5.74) is -0.517. The molecule has 1 aromatic heterocycles. The van der Waals surface area contributed by atoms with Gasteiger partial charge >= 0.3 is 11.9 Å². The van der Waals surface area contributed by atoms with Crippen LogP contribution in [0, 0.1) is 0 Å². The van der Waals surface area contributed by atoms with Gasteiger partial charge in [0.25, 0.3) is 0 Å². The SMILES string of the molecule is CCOC(=O)c1cn(C(C)C)c(C(=O)OCC)cc1=O.Cl. The Morgan fingerprint density at radius 2 is 1.67 bits per heavy atom. The molecule has 0 bridgehead atoms. The lowest BCUT2D eigenvalue weighted by atomic mass is 10.2. The molecular weight excluding hydrogens is 298 g/mol. The van der Waals surface area contributed by atoms with Crippen LogP contribution in [0.25, 0.3) is 0 Å². The average Bonchev–Trinajstić information content (AvgIpc) is 2.38. The third kappa shape index (κ3) is 4.60. The molecule has 6 nitrogen and oxygen atoms in total. The van der Waals surface area contributed by atoms with Crippen LogP contribution in [0.1, 0.15) is 54.6 Å². The first kappa shape index (κ1) is 19.2. The summed E-state index contributed by atoms with van der Waals surface area (Å²) in [6.07, 6.45) is 1.34. The highest BCUT2D eigenvalue weighted by Crippen LogP contribution is 2.11. The molecule has 118 valence electrons. The topological polar surface area (TPSA) is 74.6 Å². The fraction of sp³-hybridized carbons (Fsp3) is 0.500. The molecule has 0 N–H and O–H groups in total. The van der Waals surface area contributed by atoms with Gasteiger partial charge in [-0.2, -0.15) is 0 Å². The minimum atomic E-state index is -0.692. The molecule has 0 aliphatic carbocycles. The van der Waals surface area contributed by atoms with Crippen molar-refractivity contribution >= 4 is 24.3 Å². The van der Waals surface area contributed by atoms with Crippen molar-refractivity contribution in [3.63, 3.8) is 0 Å². The van der Waals surface area contributed by atoms with E-state index in [2.05, 4.69) is 0 Å². The zero-order chi connectivity index (χ0) is 15.3. The van der Waals surface area contributed by atoms with Gasteiger partial charge in [0.05, 0.1) is 13.2 Å². The van der Waals surface area contributed by atoms with E-state index in [0.717, 1.165) is 6.07 Å². The van der Waals surface area contributed by atoms with Crippen LogP contribution in [0.3, 0.4) is 0 Å². The maximum absolute atomic E-state index is 11.9. The standard InChI is InChI=1S/C14H19NO5.ClH/c1-5-19-13(17)10-8-15(9(3)4)11(7-12(10)16)14(18)20-6-2;/h7-9H,5-6H2,1-4H3;1H. The van der Waals surface area contributed by atoms with Crippen LogP contribution < -0.4 is 5.43 Å². The van der Waals surface area contributed by atoms with Crippen molar-refractivity contribution in [2.75, 3.05) is 13.2 Å². The number of esters is 2. The van der Waals surface area contributed by atoms with E-state index in [4.69, 9.17) is 9.47 Å². The zero-order valence-corrected chi connectivity index (χ0v) is 13.4. The quantitative estimate of drug-likeness (QED) is 0.778. The van der Waals surface area contributed by atoms with Gasteiger partial charge in [0.1, 0.15) is 11.3 Å². The predicted octanol–water partition coefficient (Wildman–Crippen LogP) is 2.20. The number of halogens is 1. The number of nitrogens with zero attached hydrogens (tertiary/aromatic N) is 1. The second-order valence-electron chi connectivity index (χ2n) is 4.38. The molecule has 0 aliphatic rings. The summed E-state index contributed by atoms with van der Waals surface area (Å²) >= 11 is 0. The van der Waals surface area contributed by atoms with Crippen LogP contribution in [0.4, 0.5) is 0 Å². The molecule has 0 aliphatic heterocycles. The monoisotopic (exact) mass is 317 g/mol. The number of carbonyl (C=O) groups excluding carboxylic acids is 2. The molecule has 1 rings (SSSR count). The minimum Gasteiger partial charge on any atom is -0.462 e. The van der Waals surface area contributed by atoms with Gasteiger partial charge in [-0.1, -0.05) is 0 Å². The van der Waals surface area contributed by atoms with Crippen molar-refractivity contribution in [1.82, 2.24) is 4.57 Å². The number of hydrogen-bond acceptors (Lipinski definition) is 5. The van der Waals surface area contributed by atoms with Crippen LogP contribution in [0.5, 0.6) is 0 Å². The Balaban J connectivity index is 0.00000400. The molecule has 21 heavy (non-hydrogen) atoms. The highest BCUT2D eigenvalue weighted by atomic mass is 35.5. The number of carbonyl (C=O) groups is 2. The first-order chi connectivity index (χ1) is 9.42. The molecule has 1 aromatic rings. The summed E-state index contributed by atoms with van der Waals surface area (Å²) in [6, 6.07) is 1.01. The maximum Gasteiger partial charge on any atom is 0.355 e. The Kier molecular flexibility index (Phi) is 7.73. The first-order valence-electron chi connectivity index (χ1n) is 6.52. The molecule has 0 saturated carbocycles. The van der Waals surface area contributed by atoms with Crippen LogP contribution >= 0.6 is 12.4 Å². The van der Waals surface area contributed by atoms with E-state index in [9.17, 15) is 14.4 Å². The van der Waals surface area contributed by atoms with Gasteiger partial charge in [0, 0.05) is 18.3 Å². The van der Waals surface area contributed by atoms with Crippen molar-refractivity contribution in [3.8, 4) is 0 Å². The number of hydrogen-bond donors (Lipinski definition) is 0. The van der Waals surface area contributed by atoms with Crippen LogP contribution in [0.2, 0.25) is 0 Å². The fourth-order valence-corrected chi connectivity index (χ4v) is 1.71. The zero-order valence-electron chi connectivity index (χ0n) is 12.5. The Morgan fingerprint density at radius 3 is 2.14 bits per heavy atom. The average molecular weight is 318 g/mol. The number of aromatic nitrogens is 1. The van der Waals surface area contributed by atoms with Gasteiger partial charge in [-0.25, -0.2) is 9.59 Å². The van der Waals surface area contributed by atoms with Crippen molar-refractivity contribution in [2.24, 2.45) is 0 Å². The molecule has 0 amide bonds. The number of ether oxygens (including phenoxy) is 2. The summed E-state index contributed by atoms with van der Waals surface area (Å²) < 4.78 is 11.3. The van der Waals surface area contributed by atoms with Gasteiger partial charge in [-0.3, -0.25) is 4.79 Å². The van der Waals surface area contributed by atoms with Crippen molar-refractivity contribution < 1.29 is 19.1 Å². The molecule has 0 aromatic carbocycles. The summed E-state index contributed by atoms with van der Waals surface area (Å²) in [5, 5.41) is 0. The van der Waals surface area contributed by atoms with Crippen LogP contribution in [-0.2, 0) is 9.47 Å². The van der Waals surface area contributed by atoms with E-state index in [1.807, 2.05) is 13.8 Å². The predicted molar refractivity (Wildman–Crippen MR) is 80.2 cm³/mol. The normalized spacial score (nSPS) is 9.95. The fourth-order valence-electron chi connectivity index (χ4n) is 1.71. The lowest BCUT2D eigenvalue weighted by molar-refractivity contribution is 0.0496. The van der Waals surface area contributed by atoms with Crippen molar-refractivity contribution in [1.29, 1.82) is 0 Å². The van der Waals surface area contributed by atoms with Gasteiger partial charge in [-0.15, -0.1) is 12.4 Å². The van der Waals surface area contributed by atoms with E-state index in [1.165, 1.54) is 10.8 Å². The highest BCUT2D eigenvalue weighted by molar-refractivity contribution is 5.91. The number of pyridine rings is 1. The minimum absolute atomic E-state index is 0. The van der Waals surface area contributed by atoms with E-state index in [0.29, 0.717) is 0 Å². The smallest absolute Gasteiger partial charge is 0.355 e. The molecule has 0 unspecified atom stereocenters. The summed E-state index contributed by atoms with van der Waals surface area (Å²) in [6.45, 7) is 7.41. The van der Waals surface area contributed by atoms with Gasteiger partial charge < -0.3 is 14.0 Å². The Hall–Kier alpha value is -1.82. The molecule has 1 heterocycles. The number of rotatable bonds is 5. The van der Waals surface area contributed by atoms with Gasteiger partial charge in [0.15, 0.2) is 5.43 Å². The van der Waals surface area contributed by atoms with E-state index in [-0.39, 0.29) is 42.9 Å². The third-order valence-corrected chi connectivity index (χ3v) is 2.62. The first-order valence-corrected chi connectivity index (χ1v) is 6.52. The summed E-state index contributed by atoms with van der Waals surface area (Å²) in [5.74, 6) is -1.28. The van der Waals surface area contributed by atoms with Crippen LogP contribution in [0.15, 0.2) is 17.1 Å². The lowest BCUT2D eigenvalue weighted by Crippen LogP contribution is -2.25. The Labute approximate surface area is 129 Å². The lowest BCUT2D eigenvalue weighted by Gasteiger charge is -2.17.